The Bertz CT molecular complexity index is 588. The van der Waals surface area contributed by atoms with Crippen LogP contribution < -0.4 is 5.32 Å². The van der Waals surface area contributed by atoms with Crippen molar-refractivity contribution < 1.29 is 27.5 Å². The lowest BCUT2D eigenvalue weighted by atomic mass is 10.0. The highest BCUT2D eigenvalue weighted by atomic mass is 19.4. The van der Waals surface area contributed by atoms with Crippen LogP contribution in [0.15, 0.2) is 24.3 Å². The summed E-state index contributed by atoms with van der Waals surface area (Å²) in [5.74, 6) is -1.59. The molecule has 1 amide bonds. The van der Waals surface area contributed by atoms with Gasteiger partial charge < -0.3 is 10.1 Å². The molecule has 0 aliphatic heterocycles. The van der Waals surface area contributed by atoms with E-state index in [0.717, 1.165) is 44.2 Å². The van der Waals surface area contributed by atoms with Crippen LogP contribution >= 0.6 is 0 Å². The SMILES string of the molecule is CCCCCCCC[C@H](NC(=O)c1ccccc1C(F)(F)F)C(=O)OC. The number of methoxy groups -OCH3 is 1. The number of unbranched alkanes of at least 4 members (excludes halogenated alkanes) is 5. The molecule has 0 heterocycles. The van der Waals surface area contributed by atoms with Gasteiger partial charge in [-0.05, 0) is 18.6 Å². The number of rotatable bonds is 10. The van der Waals surface area contributed by atoms with Gasteiger partial charge in [-0.25, -0.2) is 4.79 Å². The lowest BCUT2D eigenvalue weighted by Crippen LogP contribution is -2.42. The maximum Gasteiger partial charge on any atom is 0.417 e. The van der Waals surface area contributed by atoms with Crippen molar-refractivity contribution in [3.8, 4) is 0 Å². The molecule has 4 nitrogen and oxygen atoms in total. The van der Waals surface area contributed by atoms with Crippen LogP contribution in [0.5, 0.6) is 0 Å². The first kappa shape index (κ1) is 22.0. The molecule has 0 saturated carbocycles. The second-order valence-electron chi connectivity index (χ2n) is 6.15. The van der Waals surface area contributed by atoms with Crippen molar-refractivity contribution in [2.24, 2.45) is 0 Å². The number of hydrogen-bond acceptors (Lipinski definition) is 3. The molecule has 1 aromatic rings. The maximum atomic E-state index is 13.0. The summed E-state index contributed by atoms with van der Waals surface area (Å²) in [5, 5.41) is 2.39. The van der Waals surface area contributed by atoms with Gasteiger partial charge in [0, 0.05) is 0 Å². The Morgan fingerprint density at radius 3 is 2.31 bits per heavy atom. The van der Waals surface area contributed by atoms with E-state index in [9.17, 15) is 22.8 Å². The number of nitrogens with one attached hydrogen (secondary N) is 1. The first-order valence-electron chi connectivity index (χ1n) is 8.86. The molecule has 0 aromatic heterocycles. The number of carbonyl (C=O) groups excluding carboxylic acids is 2. The molecule has 1 N–H and O–H groups in total. The van der Waals surface area contributed by atoms with Gasteiger partial charge in [0.25, 0.3) is 5.91 Å². The molecule has 1 atom stereocenters. The van der Waals surface area contributed by atoms with Crippen LogP contribution in [0, 0.1) is 0 Å². The third-order valence-corrected chi connectivity index (χ3v) is 4.11. The van der Waals surface area contributed by atoms with Crippen molar-refractivity contribution in [3.05, 3.63) is 35.4 Å². The number of benzene rings is 1. The van der Waals surface area contributed by atoms with E-state index in [-0.39, 0.29) is 0 Å². The topological polar surface area (TPSA) is 55.4 Å². The average molecular weight is 373 g/mol. The minimum absolute atomic E-state index is 0.332. The van der Waals surface area contributed by atoms with Crippen LogP contribution in [-0.2, 0) is 15.7 Å². The first-order valence-corrected chi connectivity index (χ1v) is 8.86. The van der Waals surface area contributed by atoms with E-state index in [0.29, 0.717) is 12.8 Å². The molecule has 1 aromatic carbocycles. The smallest absolute Gasteiger partial charge is 0.417 e. The summed E-state index contributed by atoms with van der Waals surface area (Å²) in [4.78, 5) is 24.2. The summed E-state index contributed by atoms with van der Waals surface area (Å²) in [5.41, 5.74) is -1.53. The van der Waals surface area contributed by atoms with Gasteiger partial charge in [-0.3, -0.25) is 4.79 Å². The van der Waals surface area contributed by atoms with Crippen LogP contribution in [0.1, 0.15) is 67.8 Å². The molecule has 26 heavy (non-hydrogen) atoms. The first-order chi connectivity index (χ1) is 12.3. The molecule has 0 aliphatic rings. The summed E-state index contributed by atoms with van der Waals surface area (Å²) in [6, 6.07) is 3.55. The second kappa shape index (κ2) is 10.8. The van der Waals surface area contributed by atoms with Crippen molar-refractivity contribution in [2.75, 3.05) is 7.11 Å². The van der Waals surface area contributed by atoms with Crippen LogP contribution in [0.25, 0.3) is 0 Å². The van der Waals surface area contributed by atoms with Crippen LogP contribution in [0.2, 0.25) is 0 Å². The van der Waals surface area contributed by atoms with E-state index >= 15 is 0 Å². The van der Waals surface area contributed by atoms with Crippen molar-refractivity contribution >= 4 is 11.9 Å². The Kier molecular flexibility index (Phi) is 9.16. The van der Waals surface area contributed by atoms with Gasteiger partial charge in [-0.2, -0.15) is 13.2 Å². The van der Waals surface area contributed by atoms with E-state index in [1.807, 2.05) is 0 Å². The number of halogens is 3. The number of amides is 1. The molecular formula is C19H26F3NO3. The lowest BCUT2D eigenvalue weighted by molar-refractivity contribution is -0.143. The van der Waals surface area contributed by atoms with Crippen molar-refractivity contribution in [3.63, 3.8) is 0 Å². The molecular weight excluding hydrogens is 347 g/mol. The standard InChI is InChI=1S/C19H26F3NO3/c1-3-4-5-6-7-8-13-16(18(25)26-2)23-17(24)14-11-9-10-12-15(14)19(20,21)22/h9-12,16H,3-8,13H2,1-2H3,(H,23,24)/t16-/m0/s1. The van der Waals surface area contributed by atoms with E-state index < -0.39 is 35.2 Å². The van der Waals surface area contributed by atoms with Gasteiger partial charge in [0.15, 0.2) is 0 Å². The van der Waals surface area contributed by atoms with Gasteiger partial charge in [-0.1, -0.05) is 57.6 Å². The Morgan fingerprint density at radius 2 is 1.69 bits per heavy atom. The molecule has 0 radical (unpaired) electrons. The van der Waals surface area contributed by atoms with Crippen molar-refractivity contribution in [2.45, 2.75) is 64.1 Å². The molecule has 146 valence electrons. The van der Waals surface area contributed by atoms with Crippen molar-refractivity contribution in [1.82, 2.24) is 5.32 Å². The maximum absolute atomic E-state index is 13.0. The minimum Gasteiger partial charge on any atom is -0.467 e. The van der Waals surface area contributed by atoms with Crippen LogP contribution in [0.4, 0.5) is 13.2 Å². The van der Waals surface area contributed by atoms with Crippen molar-refractivity contribution in [1.29, 1.82) is 0 Å². The van der Waals surface area contributed by atoms with Gasteiger partial charge >= 0.3 is 12.1 Å². The molecule has 0 unspecified atom stereocenters. The normalized spacial score (nSPS) is 12.5. The summed E-state index contributed by atoms with van der Waals surface area (Å²) in [6.07, 6.45) is 1.65. The number of alkyl halides is 3. The predicted molar refractivity (Wildman–Crippen MR) is 92.7 cm³/mol. The average Bonchev–Trinajstić information content (AvgIpc) is 2.62. The molecule has 0 spiro atoms. The van der Waals surface area contributed by atoms with Gasteiger partial charge in [0.2, 0.25) is 0 Å². The highest BCUT2D eigenvalue weighted by Gasteiger charge is 2.35. The Hall–Kier alpha value is -2.05. The highest BCUT2D eigenvalue weighted by molar-refractivity contribution is 5.98. The predicted octanol–water partition coefficient (Wildman–Crippen LogP) is 4.73. The van der Waals surface area contributed by atoms with E-state index in [1.165, 1.54) is 19.2 Å². The molecule has 0 fully saturated rings. The molecule has 0 bridgehead atoms. The van der Waals surface area contributed by atoms with E-state index in [2.05, 4.69) is 17.0 Å². The Morgan fingerprint density at radius 1 is 1.08 bits per heavy atom. The molecule has 0 saturated heterocycles. The zero-order valence-electron chi connectivity index (χ0n) is 15.2. The van der Waals surface area contributed by atoms with Gasteiger partial charge in [-0.15, -0.1) is 0 Å². The number of ether oxygens (including phenoxy) is 1. The quantitative estimate of drug-likeness (QED) is 0.477. The van der Waals surface area contributed by atoms with Gasteiger partial charge in [0.1, 0.15) is 6.04 Å². The fourth-order valence-corrected chi connectivity index (χ4v) is 2.68. The zero-order chi connectivity index (χ0) is 19.6. The zero-order valence-corrected chi connectivity index (χ0v) is 15.2. The summed E-state index contributed by atoms with van der Waals surface area (Å²) >= 11 is 0. The highest BCUT2D eigenvalue weighted by Crippen LogP contribution is 2.31. The largest absolute Gasteiger partial charge is 0.467 e. The van der Waals surface area contributed by atoms with Gasteiger partial charge in [0.05, 0.1) is 18.2 Å². The monoisotopic (exact) mass is 373 g/mol. The number of carbonyl (C=O) groups is 2. The fourth-order valence-electron chi connectivity index (χ4n) is 2.68. The van der Waals surface area contributed by atoms with E-state index in [4.69, 9.17) is 0 Å². The third kappa shape index (κ3) is 7.06. The molecule has 7 heteroatoms. The lowest BCUT2D eigenvalue weighted by Gasteiger charge is -2.18. The molecule has 0 aliphatic carbocycles. The summed E-state index contributed by atoms with van der Waals surface area (Å²) in [6.45, 7) is 2.11. The Labute approximate surface area is 152 Å². The third-order valence-electron chi connectivity index (χ3n) is 4.11. The Balaban J connectivity index is 2.73. The summed E-state index contributed by atoms with van der Waals surface area (Å²) in [7, 11) is 1.19. The number of hydrogen-bond donors (Lipinski definition) is 1. The summed E-state index contributed by atoms with van der Waals surface area (Å²) < 4.78 is 43.8. The fraction of sp³-hybridized carbons (Fsp3) is 0.579. The molecule has 1 rings (SSSR count). The van der Waals surface area contributed by atoms with Crippen LogP contribution in [-0.4, -0.2) is 25.0 Å². The van der Waals surface area contributed by atoms with E-state index in [1.54, 1.807) is 0 Å². The van der Waals surface area contributed by atoms with Crippen LogP contribution in [0.3, 0.4) is 0 Å². The minimum atomic E-state index is -4.64. The number of esters is 1. The second-order valence-corrected chi connectivity index (χ2v) is 6.15.